The van der Waals surface area contributed by atoms with Crippen LogP contribution in [0.2, 0.25) is 0 Å². The molecule has 13 heteroatoms. The van der Waals surface area contributed by atoms with Crippen molar-refractivity contribution < 1.29 is 42.0 Å². The summed E-state index contributed by atoms with van der Waals surface area (Å²) < 4.78 is 45.3. The quantitative estimate of drug-likeness (QED) is 0.415. The summed E-state index contributed by atoms with van der Waals surface area (Å²) in [6.07, 6.45) is -5.49. The van der Waals surface area contributed by atoms with E-state index in [2.05, 4.69) is 10.1 Å². The van der Waals surface area contributed by atoms with Gasteiger partial charge in [0.15, 0.2) is 13.2 Å². The zero-order chi connectivity index (χ0) is 22.3. The first-order valence-corrected chi connectivity index (χ1v) is 8.75. The largest absolute Gasteiger partial charge is 0.455 e. The number of hydrogen-bond donors (Lipinski definition) is 1. The zero-order valence-corrected chi connectivity index (χ0v) is 15.5. The number of ether oxygens (including phenoxy) is 2. The highest BCUT2D eigenvalue weighted by Gasteiger charge is 2.33. The number of benzene rings is 1. The van der Waals surface area contributed by atoms with Crippen molar-refractivity contribution in [1.82, 2.24) is 4.90 Å². The second-order valence-corrected chi connectivity index (χ2v) is 6.36. The van der Waals surface area contributed by atoms with Gasteiger partial charge in [-0.15, -0.1) is 0 Å². The number of para-hydroxylation sites is 2. The lowest BCUT2D eigenvalue weighted by atomic mass is 9.97. The molecule has 30 heavy (non-hydrogen) atoms. The molecule has 0 aliphatic carbocycles. The molecule has 0 bridgehead atoms. The first kappa shape index (κ1) is 22.9. The smallest absolute Gasteiger partial charge is 0.422 e. The van der Waals surface area contributed by atoms with Gasteiger partial charge in [0.05, 0.1) is 10.8 Å². The summed E-state index contributed by atoms with van der Waals surface area (Å²) in [5.41, 5.74) is -0.365. The zero-order valence-electron chi connectivity index (χ0n) is 15.5. The van der Waals surface area contributed by atoms with E-state index in [1.165, 1.54) is 24.3 Å². The Morgan fingerprint density at radius 3 is 2.40 bits per heavy atom. The molecule has 0 unspecified atom stereocenters. The Bertz CT molecular complexity index is 808. The predicted octanol–water partition coefficient (Wildman–Crippen LogP) is 2.49. The van der Waals surface area contributed by atoms with Gasteiger partial charge in [0.1, 0.15) is 5.69 Å². The molecule has 164 valence electrons. The molecule has 0 atom stereocenters. The van der Waals surface area contributed by atoms with Crippen molar-refractivity contribution in [2.24, 2.45) is 5.92 Å². The molecule has 1 aliphatic heterocycles. The van der Waals surface area contributed by atoms with E-state index in [1.54, 1.807) is 0 Å². The summed E-state index contributed by atoms with van der Waals surface area (Å²) in [4.78, 5) is 46.8. The van der Waals surface area contributed by atoms with E-state index in [1.807, 2.05) is 0 Å². The van der Waals surface area contributed by atoms with Crippen molar-refractivity contribution in [3.05, 3.63) is 34.4 Å². The van der Waals surface area contributed by atoms with Crippen LogP contribution in [0.4, 0.5) is 29.3 Å². The minimum absolute atomic E-state index is 0.00113. The molecular formula is C17H18F3N3O7. The fraction of sp³-hybridized carbons (Fsp3) is 0.471. The summed E-state index contributed by atoms with van der Waals surface area (Å²) in [6.45, 7) is -2.36. The SMILES string of the molecule is O=C(COC(=O)C1CCN(C(=O)OCC(F)(F)F)CC1)Nc1ccccc1[N+](=O)[O-]. The standard InChI is InChI=1S/C17H18F3N3O7/c18-17(19,20)10-30-16(26)22-7-5-11(6-8-22)15(25)29-9-14(24)21-12-3-1-2-4-13(12)23(27)28/h1-4,11H,5-10H2,(H,21,24). The van der Waals surface area contributed by atoms with Crippen LogP contribution in [0.15, 0.2) is 24.3 Å². The van der Waals surface area contributed by atoms with E-state index in [-0.39, 0.29) is 37.3 Å². The van der Waals surface area contributed by atoms with Crippen molar-refractivity contribution in [2.75, 3.05) is 31.6 Å². The van der Waals surface area contributed by atoms with Crippen molar-refractivity contribution >= 4 is 29.3 Å². The molecule has 1 aromatic rings. The van der Waals surface area contributed by atoms with Gasteiger partial charge in [-0.1, -0.05) is 12.1 Å². The third kappa shape index (κ3) is 6.90. The molecule has 1 aliphatic rings. The van der Waals surface area contributed by atoms with Gasteiger partial charge in [-0.05, 0) is 18.9 Å². The predicted molar refractivity (Wildman–Crippen MR) is 94.4 cm³/mol. The van der Waals surface area contributed by atoms with Crippen LogP contribution < -0.4 is 5.32 Å². The molecule has 0 saturated carbocycles. The first-order valence-electron chi connectivity index (χ1n) is 8.75. The van der Waals surface area contributed by atoms with Gasteiger partial charge < -0.3 is 19.7 Å². The van der Waals surface area contributed by atoms with Gasteiger partial charge in [-0.25, -0.2) is 4.79 Å². The number of nitro benzene ring substituents is 1. The van der Waals surface area contributed by atoms with Crippen molar-refractivity contribution in [2.45, 2.75) is 19.0 Å². The third-order valence-electron chi connectivity index (χ3n) is 4.17. The first-order chi connectivity index (χ1) is 14.1. The van der Waals surface area contributed by atoms with Crippen LogP contribution in [0, 0.1) is 16.0 Å². The van der Waals surface area contributed by atoms with Gasteiger partial charge >= 0.3 is 18.2 Å². The van der Waals surface area contributed by atoms with Gasteiger partial charge in [-0.3, -0.25) is 19.7 Å². The highest BCUT2D eigenvalue weighted by Crippen LogP contribution is 2.23. The number of nitro groups is 1. The number of nitrogens with one attached hydrogen (secondary N) is 1. The van der Waals surface area contributed by atoms with E-state index in [9.17, 15) is 37.7 Å². The lowest BCUT2D eigenvalue weighted by molar-refractivity contribution is -0.383. The highest BCUT2D eigenvalue weighted by atomic mass is 19.4. The maximum Gasteiger partial charge on any atom is 0.422 e. The average Bonchev–Trinajstić information content (AvgIpc) is 2.70. The van der Waals surface area contributed by atoms with E-state index in [0.717, 1.165) is 4.90 Å². The molecule has 1 saturated heterocycles. The number of carbonyl (C=O) groups is 3. The Hall–Kier alpha value is -3.38. The number of esters is 1. The van der Waals surface area contributed by atoms with Crippen molar-refractivity contribution in [3.8, 4) is 0 Å². The molecule has 0 spiro atoms. The summed E-state index contributed by atoms with van der Waals surface area (Å²) in [6, 6.07) is 5.45. The van der Waals surface area contributed by atoms with E-state index >= 15 is 0 Å². The fourth-order valence-corrected chi connectivity index (χ4v) is 2.71. The number of anilines is 1. The molecule has 1 aromatic carbocycles. The summed E-state index contributed by atoms with van der Waals surface area (Å²) in [7, 11) is 0. The van der Waals surface area contributed by atoms with Gasteiger partial charge in [0.2, 0.25) is 0 Å². The Kier molecular flexibility index (Phi) is 7.55. The van der Waals surface area contributed by atoms with Crippen molar-refractivity contribution in [1.29, 1.82) is 0 Å². The van der Waals surface area contributed by atoms with Gasteiger partial charge in [0.25, 0.3) is 11.6 Å². The minimum Gasteiger partial charge on any atom is -0.455 e. The summed E-state index contributed by atoms with van der Waals surface area (Å²) in [5, 5.41) is 13.2. The van der Waals surface area contributed by atoms with E-state index in [0.29, 0.717) is 0 Å². The molecule has 1 heterocycles. The van der Waals surface area contributed by atoms with Crippen LogP contribution in [0.25, 0.3) is 0 Å². The molecule has 10 nitrogen and oxygen atoms in total. The number of amides is 2. The number of rotatable bonds is 6. The second kappa shape index (κ2) is 9.89. The van der Waals surface area contributed by atoms with Crippen molar-refractivity contribution in [3.63, 3.8) is 0 Å². The Morgan fingerprint density at radius 1 is 1.17 bits per heavy atom. The highest BCUT2D eigenvalue weighted by molar-refractivity contribution is 5.94. The average molecular weight is 433 g/mol. The monoisotopic (exact) mass is 433 g/mol. The molecule has 1 fully saturated rings. The second-order valence-electron chi connectivity index (χ2n) is 6.36. The number of alkyl halides is 3. The molecule has 2 amide bonds. The van der Waals surface area contributed by atoms with E-state index in [4.69, 9.17) is 4.74 Å². The lowest BCUT2D eigenvalue weighted by Gasteiger charge is -2.30. The molecule has 2 rings (SSSR count). The molecule has 0 aromatic heterocycles. The topological polar surface area (TPSA) is 128 Å². The summed E-state index contributed by atoms with van der Waals surface area (Å²) >= 11 is 0. The maximum atomic E-state index is 12.1. The molecule has 0 radical (unpaired) electrons. The van der Waals surface area contributed by atoms with Crippen LogP contribution in [0.1, 0.15) is 12.8 Å². The maximum absolute atomic E-state index is 12.1. The number of piperidine rings is 1. The van der Waals surface area contributed by atoms with E-state index < -0.39 is 48.2 Å². The normalized spacial score (nSPS) is 14.7. The lowest BCUT2D eigenvalue weighted by Crippen LogP contribution is -2.42. The number of likely N-dealkylation sites (tertiary alicyclic amines) is 1. The summed E-state index contributed by atoms with van der Waals surface area (Å²) in [5.74, 6) is -2.13. The number of nitrogens with zero attached hydrogens (tertiary/aromatic N) is 2. The Balaban J connectivity index is 1.75. The Labute approximate surface area is 168 Å². The fourth-order valence-electron chi connectivity index (χ4n) is 2.71. The third-order valence-corrected chi connectivity index (χ3v) is 4.17. The number of hydrogen-bond acceptors (Lipinski definition) is 7. The Morgan fingerprint density at radius 2 is 1.80 bits per heavy atom. The van der Waals surface area contributed by atoms with Crippen LogP contribution >= 0.6 is 0 Å². The number of halogens is 3. The minimum atomic E-state index is -4.63. The van der Waals surface area contributed by atoms with Crippen LogP contribution in [-0.4, -0.2) is 60.3 Å². The van der Waals surface area contributed by atoms with Gasteiger partial charge in [0, 0.05) is 19.2 Å². The van der Waals surface area contributed by atoms with Crippen LogP contribution in [0.3, 0.4) is 0 Å². The molecular weight excluding hydrogens is 415 g/mol. The molecule has 1 N–H and O–H groups in total. The van der Waals surface area contributed by atoms with Crippen LogP contribution in [0.5, 0.6) is 0 Å². The van der Waals surface area contributed by atoms with Gasteiger partial charge in [-0.2, -0.15) is 13.2 Å². The van der Waals surface area contributed by atoms with Crippen LogP contribution in [-0.2, 0) is 19.1 Å². The number of carbonyl (C=O) groups excluding carboxylic acids is 3.